The number of piperazine rings is 1. The van der Waals surface area contributed by atoms with E-state index in [0.29, 0.717) is 6.54 Å². The Labute approximate surface area is 72.9 Å². The monoisotopic (exact) mass is 172 g/mol. The third-order valence-corrected chi connectivity index (χ3v) is 2.39. The third kappa shape index (κ3) is 1.50. The summed E-state index contributed by atoms with van der Waals surface area (Å²) < 4.78 is 5.23. The minimum atomic E-state index is -0.729. The molecule has 1 atom stereocenters. The Hall–Kier alpha value is -0.450. The van der Waals surface area contributed by atoms with Crippen molar-refractivity contribution in [2.24, 2.45) is 0 Å². The van der Waals surface area contributed by atoms with E-state index in [4.69, 9.17) is 4.74 Å². The first-order valence-electron chi connectivity index (χ1n) is 4.26. The number of hydrogen-bond acceptors (Lipinski definition) is 4. The van der Waals surface area contributed by atoms with E-state index in [0.717, 1.165) is 25.9 Å². The Kier molecular flexibility index (Phi) is 3.20. The first-order chi connectivity index (χ1) is 5.79. The number of likely N-dealkylation sites (N-methyl/N-ethyl adjacent to an activating group) is 1. The fourth-order valence-corrected chi connectivity index (χ4v) is 1.57. The van der Waals surface area contributed by atoms with E-state index in [1.54, 1.807) is 7.11 Å². The van der Waals surface area contributed by atoms with Crippen molar-refractivity contribution >= 4 is 6.29 Å². The lowest BCUT2D eigenvalue weighted by atomic mass is 10.1. The third-order valence-electron chi connectivity index (χ3n) is 2.39. The van der Waals surface area contributed by atoms with E-state index in [-0.39, 0.29) is 0 Å². The first kappa shape index (κ1) is 9.64. The molecule has 0 spiro atoms. The van der Waals surface area contributed by atoms with Crippen molar-refractivity contribution in [1.82, 2.24) is 10.2 Å². The standard InChI is InChI=1S/C8H16N2O2/c1-3-10-5-4-9-6-8(10,7-11)12-2/h7,9H,3-6H2,1-2H3. The van der Waals surface area contributed by atoms with Gasteiger partial charge in [-0.05, 0) is 6.54 Å². The van der Waals surface area contributed by atoms with Gasteiger partial charge >= 0.3 is 0 Å². The van der Waals surface area contributed by atoms with Gasteiger partial charge in [-0.15, -0.1) is 0 Å². The zero-order chi connectivity index (χ0) is 9.03. The molecule has 1 aliphatic heterocycles. The molecule has 12 heavy (non-hydrogen) atoms. The van der Waals surface area contributed by atoms with Crippen molar-refractivity contribution < 1.29 is 9.53 Å². The number of rotatable bonds is 3. The van der Waals surface area contributed by atoms with Crippen molar-refractivity contribution in [3.8, 4) is 0 Å². The Morgan fingerprint density at radius 3 is 2.92 bits per heavy atom. The van der Waals surface area contributed by atoms with Crippen molar-refractivity contribution in [2.75, 3.05) is 33.3 Å². The summed E-state index contributed by atoms with van der Waals surface area (Å²) >= 11 is 0. The quantitative estimate of drug-likeness (QED) is 0.580. The van der Waals surface area contributed by atoms with Crippen LogP contribution < -0.4 is 5.32 Å². The van der Waals surface area contributed by atoms with E-state index >= 15 is 0 Å². The van der Waals surface area contributed by atoms with Gasteiger partial charge < -0.3 is 10.1 Å². The molecule has 0 saturated carbocycles. The molecule has 1 fully saturated rings. The summed E-state index contributed by atoms with van der Waals surface area (Å²) in [5.74, 6) is 0. The van der Waals surface area contributed by atoms with Gasteiger partial charge in [-0.2, -0.15) is 0 Å². The van der Waals surface area contributed by atoms with E-state index in [9.17, 15) is 4.79 Å². The smallest absolute Gasteiger partial charge is 0.190 e. The minimum Gasteiger partial charge on any atom is -0.355 e. The molecular formula is C8H16N2O2. The van der Waals surface area contributed by atoms with Crippen LogP contribution in [0.15, 0.2) is 0 Å². The van der Waals surface area contributed by atoms with Crippen LogP contribution in [0.5, 0.6) is 0 Å². The molecule has 1 rings (SSSR count). The number of methoxy groups -OCH3 is 1. The van der Waals surface area contributed by atoms with Crippen molar-refractivity contribution in [3.63, 3.8) is 0 Å². The van der Waals surface area contributed by atoms with Gasteiger partial charge in [-0.3, -0.25) is 9.69 Å². The summed E-state index contributed by atoms with van der Waals surface area (Å²) in [5, 5.41) is 3.14. The summed E-state index contributed by atoms with van der Waals surface area (Å²) in [4.78, 5) is 12.9. The number of aldehydes is 1. The fraction of sp³-hybridized carbons (Fsp3) is 0.875. The average Bonchev–Trinajstić information content (AvgIpc) is 2.17. The highest BCUT2D eigenvalue weighted by Gasteiger charge is 2.37. The molecule has 1 N–H and O–H groups in total. The Bertz CT molecular complexity index is 163. The van der Waals surface area contributed by atoms with E-state index in [1.807, 2.05) is 11.8 Å². The lowest BCUT2D eigenvalue weighted by Gasteiger charge is -2.41. The lowest BCUT2D eigenvalue weighted by molar-refractivity contribution is -0.160. The molecule has 1 aliphatic rings. The van der Waals surface area contributed by atoms with Crippen LogP contribution in [0.25, 0.3) is 0 Å². The van der Waals surface area contributed by atoms with Gasteiger partial charge in [0.1, 0.15) is 0 Å². The van der Waals surface area contributed by atoms with Crippen LogP contribution in [-0.2, 0) is 9.53 Å². The van der Waals surface area contributed by atoms with Crippen molar-refractivity contribution in [2.45, 2.75) is 12.6 Å². The molecule has 0 aromatic carbocycles. The SMILES string of the molecule is CCN1CCNCC1(C=O)OC. The predicted octanol–water partition coefficient (Wildman–Crippen LogP) is -0.547. The minimum absolute atomic E-state index is 0.584. The van der Waals surface area contributed by atoms with Crippen LogP contribution in [0.1, 0.15) is 6.92 Å². The second-order valence-electron chi connectivity index (χ2n) is 2.92. The van der Waals surface area contributed by atoms with Crippen LogP contribution in [0, 0.1) is 0 Å². The Morgan fingerprint density at radius 1 is 1.75 bits per heavy atom. The summed E-state index contributed by atoms with van der Waals surface area (Å²) in [7, 11) is 1.57. The second-order valence-corrected chi connectivity index (χ2v) is 2.92. The molecule has 0 bridgehead atoms. The number of nitrogens with zero attached hydrogens (tertiary/aromatic N) is 1. The molecule has 70 valence electrons. The zero-order valence-electron chi connectivity index (χ0n) is 7.67. The van der Waals surface area contributed by atoms with E-state index < -0.39 is 5.72 Å². The van der Waals surface area contributed by atoms with Crippen molar-refractivity contribution in [1.29, 1.82) is 0 Å². The highest BCUT2D eigenvalue weighted by molar-refractivity contribution is 5.62. The maximum atomic E-state index is 10.9. The molecule has 4 heteroatoms. The van der Waals surface area contributed by atoms with Crippen LogP contribution in [0.2, 0.25) is 0 Å². The lowest BCUT2D eigenvalue weighted by Crippen LogP contribution is -2.63. The number of carbonyl (C=O) groups excluding carboxylic acids is 1. The molecule has 4 nitrogen and oxygen atoms in total. The summed E-state index contributed by atoms with van der Waals surface area (Å²) in [5.41, 5.74) is -0.729. The van der Waals surface area contributed by atoms with Crippen LogP contribution >= 0.6 is 0 Å². The van der Waals surface area contributed by atoms with E-state index in [2.05, 4.69) is 5.32 Å². The van der Waals surface area contributed by atoms with Gasteiger partial charge in [0.25, 0.3) is 0 Å². The molecule has 0 amide bonds. The van der Waals surface area contributed by atoms with Crippen LogP contribution in [0.4, 0.5) is 0 Å². The van der Waals surface area contributed by atoms with Gasteiger partial charge in [0.15, 0.2) is 12.0 Å². The van der Waals surface area contributed by atoms with Gasteiger partial charge in [0.2, 0.25) is 0 Å². The summed E-state index contributed by atoms with van der Waals surface area (Å²) in [6.07, 6.45) is 0.878. The van der Waals surface area contributed by atoms with Crippen LogP contribution in [-0.4, -0.2) is 50.2 Å². The molecule has 0 aliphatic carbocycles. The summed E-state index contributed by atoms with van der Waals surface area (Å²) in [6, 6.07) is 0. The Morgan fingerprint density at radius 2 is 2.50 bits per heavy atom. The topological polar surface area (TPSA) is 41.6 Å². The average molecular weight is 172 g/mol. The van der Waals surface area contributed by atoms with Gasteiger partial charge in [-0.25, -0.2) is 0 Å². The molecule has 1 unspecified atom stereocenters. The Balaban J connectivity index is 2.72. The maximum Gasteiger partial charge on any atom is 0.190 e. The fourth-order valence-electron chi connectivity index (χ4n) is 1.57. The molecule has 1 heterocycles. The molecule has 0 aromatic heterocycles. The molecule has 0 radical (unpaired) electrons. The number of carbonyl (C=O) groups is 1. The highest BCUT2D eigenvalue weighted by Crippen LogP contribution is 2.15. The maximum absolute atomic E-state index is 10.9. The largest absolute Gasteiger partial charge is 0.355 e. The van der Waals surface area contributed by atoms with Gasteiger partial charge in [0.05, 0.1) is 0 Å². The van der Waals surface area contributed by atoms with Gasteiger partial charge in [-0.1, -0.05) is 6.92 Å². The van der Waals surface area contributed by atoms with Gasteiger partial charge in [0, 0.05) is 26.7 Å². The summed E-state index contributed by atoms with van der Waals surface area (Å²) in [6.45, 7) is 5.24. The van der Waals surface area contributed by atoms with Crippen molar-refractivity contribution in [3.05, 3.63) is 0 Å². The number of nitrogens with one attached hydrogen (secondary N) is 1. The zero-order valence-corrected chi connectivity index (χ0v) is 7.67. The van der Waals surface area contributed by atoms with E-state index in [1.165, 1.54) is 0 Å². The molecular weight excluding hydrogens is 156 g/mol. The normalized spacial score (nSPS) is 31.8. The number of ether oxygens (including phenoxy) is 1. The second kappa shape index (κ2) is 3.98. The van der Waals surface area contributed by atoms with Crippen LogP contribution in [0.3, 0.4) is 0 Å². The number of hydrogen-bond donors (Lipinski definition) is 1. The predicted molar refractivity (Wildman–Crippen MR) is 45.9 cm³/mol. The molecule has 1 saturated heterocycles. The molecule has 0 aromatic rings. The highest BCUT2D eigenvalue weighted by atomic mass is 16.5. The first-order valence-corrected chi connectivity index (χ1v) is 4.26.